The van der Waals surface area contributed by atoms with Gasteiger partial charge in [0.1, 0.15) is 0 Å². The average molecular weight is 338 g/mol. The Morgan fingerprint density at radius 3 is 2.48 bits per heavy atom. The van der Waals surface area contributed by atoms with Gasteiger partial charge in [-0.15, -0.1) is 0 Å². The van der Waals surface area contributed by atoms with Crippen LogP contribution in [-0.2, 0) is 4.79 Å². The molecule has 2 aromatic rings. The van der Waals surface area contributed by atoms with Crippen LogP contribution in [0.25, 0.3) is 0 Å². The normalized spacial score (nSPS) is 20.1. The highest BCUT2D eigenvalue weighted by Gasteiger charge is 2.39. The number of para-hydroxylation sites is 2. The van der Waals surface area contributed by atoms with Crippen LogP contribution in [0.5, 0.6) is 0 Å². The van der Waals surface area contributed by atoms with E-state index in [0.29, 0.717) is 24.9 Å². The summed E-state index contributed by atoms with van der Waals surface area (Å²) in [6, 6.07) is 17.0. The van der Waals surface area contributed by atoms with Gasteiger partial charge in [-0.3, -0.25) is 9.59 Å². The first-order valence-electron chi connectivity index (χ1n) is 8.43. The Hall–Kier alpha value is -2.82. The zero-order chi connectivity index (χ0) is 17.9. The number of carbonyl (C=O) groups is 2. The summed E-state index contributed by atoms with van der Waals surface area (Å²) in [5.41, 5.74) is 1.30. The largest absolute Gasteiger partial charge is 0.481 e. The lowest BCUT2D eigenvalue weighted by atomic mass is 9.82. The lowest BCUT2D eigenvalue weighted by Gasteiger charge is -2.37. The van der Waals surface area contributed by atoms with Crippen LogP contribution in [0.2, 0.25) is 0 Å². The Bertz CT molecular complexity index is 776. The Labute approximate surface area is 147 Å². The fourth-order valence-electron chi connectivity index (χ4n) is 3.21. The second kappa shape index (κ2) is 6.97. The number of aliphatic carboxylic acids is 1. The van der Waals surface area contributed by atoms with Crippen LogP contribution < -0.4 is 5.32 Å². The van der Waals surface area contributed by atoms with Gasteiger partial charge in [-0.2, -0.15) is 0 Å². The number of likely N-dealkylation sites (tertiary alicyclic amines) is 1. The molecule has 2 aromatic carbocycles. The Balaban J connectivity index is 1.84. The number of nitrogens with one attached hydrogen (secondary N) is 1. The van der Waals surface area contributed by atoms with E-state index in [4.69, 9.17) is 0 Å². The smallest absolute Gasteiger partial charge is 0.311 e. The number of carboxylic acid groups (broad SMARTS) is 1. The molecule has 1 heterocycles. The molecule has 1 unspecified atom stereocenters. The molecule has 3 rings (SSSR count). The fraction of sp³-hybridized carbons (Fsp3) is 0.300. The van der Waals surface area contributed by atoms with Crippen LogP contribution in [-0.4, -0.2) is 35.0 Å². The van der Waals surface area contributed by atoms with E-state index in [0.717, 1.165) is 11.4 Å². The van der Waals surface area contributed by atoms with E-state index in [1.165, 1.54) is 0 Å². The minimum Gasteiger partial charge on any atom is -0.481 e. The SMILES string of the molecule is CC1(C(=O)O)CCCN(C(=O)c2ccccc2Nc2ccccc2)C1. The Morgan fingerprint density at radius 2 is 1.76 bits per heavy atom. The third-order valence-electron chi connectivity index (χ3n) is 4.71. The van der Waals surface area contributed by atoms with Crippen molar-refractivity contribution in [3.05, 3.63) is 60.2 Å². The van der Waals surface area contributed by atoms with E-state index in [1.54, 1.807) is 17.9 Å². The van der Waals surface area contributed by atoms with Gasteiger partial charge < -0.3 is 15.3 Å². The molecule has 130 valence electrons. The van der Waals surface area contributed by atoms with Crippen molar-refractivity contribution in [2.75, 3.05) is 18.4 Å². The molecule has 1 aliphatic rings. The van der Waals surface area contributed by atoms with Gasteiger partial charge in [0, 0.05) is 18.8 Å². The van der Waals surface area contributed by atoms with E-state index in [9.17, 15) is 14.7 Å². The number of nitrogens with zero attached hydrogens (tertiary/aromatic N) is 1. The molecule has 2 N–H and O–H groups in total. The molecular weight excluding hydrogens is 316 g/mol. The molecule has 1 aliphatic heterocycles. The average Bonchev–Trinajstić information content (AvgIpc) is 2.62. The number of carbonyl (C=O) groups excluding carboxylic acids is 1. The highest BCUT2D eigenvalue weighted by atomic mass is 16.4. The molecule has 5 nitrogen and oxygen atoms in total. The molecule has 0 radical (unpaired) electrons. The molecule has 1 amide bonds. The summed E-state index contributed by atoms with van der Waals surface area (Å²) in [7, 11) is 0. The van der Waals surface area contributed by atoms with Gasteiger partial charge in [-0.1, -0.05) is 30.3 Å². The number of amides is 1. The zero-order valence-electron chi connectivity index (χ0n) is 14.2. The van der Waals surface area contributed by atoms with E-state index >= 15 is 0 Å². The summed E-state index contributed by atoms with van der Waals surface area (Å²) in [6.07, 6.45) is 1.29. The van der Waals surface area contributed by atoms with Gasteiger partial charge in [-0.05, 0) is 44.0 Å². The van der Waals surface area contributed by atoms with Crippen LogP contribution in [0, 0.1) is 5.41 Å². The van der Waals surface area contributed by atoms with Crippen molar-refractivity contribution in [2.24, 2.45) is 5.41 Å². The molecule has 1 saturated heterocycles. The number of benzene rings is 2. The van der Waals surface area contributed by atoms with Crippen molar-refractivity contribution in [1.29, 1.82) is 0 Å². The lowest BCUT2D eigenvalue weighted by Crippen LogP contribution is -2.48. The number of carboxylic acids is 1. The highest BCUT2D eigenvalue weighted by molar-refractivity contribution is 6.00. The topological polar surface area (TPSA) is 69.6 Å². The van der Waals surface area contributed by atoms with Crippen molar-refractivity contribution >= 4 is 23.3 Å². The van der Waals surface area contributed by atoms with Gasteiger partial charge in [0.25, 0.3) is 5.91 Å². The monoisotopic (exact) mass is 338 g/mol. The molecule has 25 heavy (non-hydrogen) atoms. The molecule has 0 aromatic heterocycles. The van der Waals surface area contributed by atoms with Gasteiger partial charge in [-0.25, -0.2) is 0 Å². The summed E-state index contributed by atoms with van der Waals surface area (Å²) in [4.78, 5) is 26.2. The Morgan fingerprint density at radius 1 is 1.08 bits per heavy atom. The number of hydrogen-bond donors (Lipinski definition) is 2. The van der Waals surface area contributed by atoms with Crippen LogP contribution in [0.1, 0.15) is 30.1 Å². The highest BCUT2D eigenvalue weighted by Crippen LogP contribution is 2.31. The van der Waals surface area contributed by atoms with Crippen molar-refractivity contribution < 1.29 is 14.7 Å². The first kappa shape index (κ1) is 17.0. The second-order valence-corrected chi connectivity index (χ2v) is 6.73. The summed E-state index contributed by atoms with van der Waals surface area (Å²) < 4.78 is 0. The van der Waals surface area contributed by atoms with Crippen molar-refractivity contribution in [3.8, 4) is 0 Å². The summed E-state index contributed by atoms with van der Waals surface area (Å²) in [5, 5.41) is 12.7. The van der Waals surface area contributed by atoms with Crippen LogP contribution >= 0.6 is 0 Å². The van der Waals surface area contributed by atoms with E-state index in [-0.39, 0.29) is 12.5 Å². The fourth-order valence-corrected chi connectivity index (χ4v) is 3.21. The second-order valence-electron chi connectivity index (χ2n) is 6.73. The number of piperidine rings is 1. The van der Waals surface area contributed by atoms with Crippen LogP contribution in [0.3, 0.4) is 0 Å². The minimum absolute atomic E-state index is 0.133. The molecule has 0 saturated carbocycles. The van der Waals surface area contributed by atoms with Crippen LogP contribution in [0.4, 0.5) is 11.4 Å². The van der Waals surface area contributed by atoms with E-state index in [1.807, 2.05) is 48.5 Å². The molecule has 5 heteroatoms. The molecule has 0 spiro atoms. The standard InChI is InChI=1S/C20H22N2O3/c1-20(19(24)25)12-7-13-22(14-20)18(23)16-10-5-6-11-17(16)21-15-8-3-2-4-9-15/h2-6,8-11,21H,7,12-14H2,1H3,(H,24,25). The minimum atomic E-state index is -0.879. The summed E-state index contributed by atoms with van der Waals surface area (Å²) in [6.45, 7) is 2.53. The maximum atomic E-state index is 13.0. The predicted octanol–water partition coefficient (Wildman–Crippen LogP) is 3.76. The van der Waals surface area contributed by atoms with Gasteiger partial charge in [0.2, 0.25) is 0 Å². The molecule has 1 atom stereocenters. The lowest BCUT2D eigenvalue weighted by molar-refractivity contribution is -0.150. The number of hydrogen-bond acceptors (Lipinski definition) is 3. The van der Waals surface area contributed by atoms with E-state index in [2.05, 4.69) is 5.32 Å². The zero-order valence-corrected chi connectivity index (χ0v) is 14.2. The Kier molecular flexibility index (Phi) is 4.74. The van der Waals surface area contributed by atoms with Gasteiger partial charge in [0.05, 0.1) is 16.7 Å². The number of rotatable bonds is 4. The summed E-state index contributed by atoms with van der Waals surface area (Å²) in [5.74, 6) is -0.980. The van der Waals surface area contributed by atoms with Gasteiger partial charge >= 0.3 is 5.97 Å². The number of anilines is 2. The first-order valence-corrected chi connectivity index (χ1v) is 8.43. The molecule has 0 bridgehead atoms. The summed E-state index contributed by atoms with van der Waals surface area (Å²) >= 11 is 0. The van der Waals surface area contributed by atoms with E-state index < -0.39 is 11.4 Å². The van der Waals surface area contributed by atoms with Crippen LogP contribution in [0.15, 0.2) is 54.6 Å². The predicted molar refractivity (Wildman–Crippen MR) is 97.0 cm³/mol. The third kappa shape index (κ3) is 3.65. The maximum Gasteiger partial charge on any atom is 0.311 e. The quantitative estimate of drug-likeness (QED) is 0.890. The van der Waals surface area contributed by atoms with Crippen molar-refractivity contribution in [1.82, 2.24) is 4.90 Å². The van der Waals surface area contributed by atoms with Crippen molar-refractivity contribution in [2.45, 2.75) is 19.8 Å². The molecule has 1 fully saturated rings. The molecule has 0 aliphatic carbocycles. The maximum absolute atomic E-state index is 13.0. The van der Waals surface area contributed by atoms with Gasteiger partial charge in [0.15, 0.2) is 0 Å². The molecular formula is C20H22N2O3. The third-order valence-corrected chi connectivity index (χ3v) is 4.71. The van der Waals surface area contributed by atoms with Crippen molar-refractivity contribution in [3.63, 3.8) is 0 Å². The first-order chi connectivity index (χ1) is 12.0.